The maximum absolute atomic E-state index is 6.16. The zero-order chi connectivity index (χ0) is 58.0. The molecule has 0 atom stereocenters. The van der Waals surface area contributed by atoms with E-state index in [-0.39, 0.29) is 16.2 Å². The summed E-state index contributed by atoms with van der Waals surface area (Å²) in [5.74, 6) is 0. The van der Waals surface area contributed by atoms with Gasteiger partial charge in [0.05, 0.1) is 55.2 Å². The molecular weight excluding hydrogens is 1040 g/mol. The van der Waals surface area contributed by atoms with E-state index in [1.54, 1.807) is 0 Å². The van der Waals surface area contributed by atoms with Crippen molar-refractivity contribution in [2.75, 3.05) is 0 Å². The van der Waals surface area contributed by atoms with Crippen LogP contribution in [0.25, 0.3) is 164 Å². The van der Waals surface area contributed by atoms with Gasteiger partial charge < -0.3 is 13.5 Å². The van der Waals surface area contributed by atoms with Crippen LogP contribution in [0.3, 0.4) is 0 Å². The summed E-state index contributed by atoms with van der Waals surface area (Å²) < 4.78 is 10.0. The molecule has 11 aromatic carbocycles. The predicted octanol–water partition coefficient (Wildman–Crippen LogP) is 22.0. The van der Waals surface area contributed by atoms with Crippen molar-refractivity contribution in [3.05, 3.63) is 235 Å². The first-order chi connectivity index (χ1) is 41.6. The normalized spacial score (nSPS) is 13.2. The standard InChI is InChI=1S/C81H63N5/c1-79(2,3)49-39-57(47-32-34-69-59(36-47)55-28-18-20-30-67(55)83(69)52-23-12-10-13-24-52)74-62(41-49)63-42-51(81(7,8)9)44-66-73-71(85(74)76(63)66)45-64-61-38-46-22-16-17-27-54(46)72-65-43-50(80(4,5)6)40-58(75(65)86(77(61)72)78(64)82-73)48-33-35-70-60(37-48)56-29-19-21-31-68(56)84(70)53-25-14-11-15-26-53/h10-45H,1-9H3. The second-order valence-corrected chi connectivity index (χ2v) is 27.6. The molecule has 0 saturated carbocycles. The van der Waals surface area contributed by atoms with Gasteiger partial charge in [-0.1, -0.05) is 172 Å². The fourth-order valence-electron chi connectivity index (χ4n) is 15.1. The number of hydrogen-bond donors (Lipinski definition) is 0. The molecule has 7 heterocycles. The third-order valence-corrected chi connectivity index (χ3v) is 19.4. The molecule has 0 N–H and O–H groups in total. The van der Waals surface area contributed by atoms with E-state index in [1.165, 1.54) is 148 Å². The van der Waals surface area contributed by atoms with Gasteiger partial charge in [0, 0.05) is 81.8 Å². The van der Waals surface area contributed by atoms with Crippen molar-refractivity contribution in [1.82, 2.24) is 22.9 Å². The third kappa shape index (κ3) is 6.68. The van der Waals surface area contributed by atoms with Crippen LogP contribution in [0.2, 0.25) is 0 Å². The number of benzene rings is 11. The van der Waals surface area contributed by atoms with E-state index in [1.807, 2.05) is 0 Å². The van der Waals surface area contributed by atoms with Crippen molar-refractivity contribution in [2.24, 2.45) is 0 Å². The van der Waals surface area contributed by atoms with Crippen LogP contribution in [-0.4, -0.2) is 22.9 Å². The molecule has 18 aromatic rings. The summed E-state index contributed by atoms with van der Waals surface area (Å²) >= 11 is 0. The minimum absolute atomic E-state index is 0.114. The molecular formula is C81H63N5. The number of fused-ring (bicyclic) bond motifs is 20. The van der Waals surface area contributed by atoms with Gasteiger partial charge >= 0.3 is 0 Å². The fourth-order valence-corrected chi connectivity index (χ4v) is 15.1. The van der Waals surface area contributed by atoms with Crippen molar-refractivity contribution in [3.8, 4) is 33.6 Å². The summed E-state index contributed by atoms with van der Waals surface area (Å²) in [6.45, 7) is 21.2. The summed E-state index contributed by atoms with van der Waals surface area (Å²) in [5, 5.41) is 16.1. The number of rotatable bonds is 4. The maximum Gasteiger partial charge on any atom is 0.146 e. The van der Waals surface area contributed by atoms with Crippen LogP contribution in [0.4, 0.5) is 0 Å². The average Bonchev–Trinajstić information content (AvgIpc) is 1.58. The molecule has 0 amide bonds. The Morgan fingerprint density at radius 1 is 0.291 bits per heavy atom. The number of nitrogens with zero attached hydrogens (tertiary/aromatic N) is 5. The lowest BCUT2D eigenvalue weighted by Gasteiger charge is -2.22. The SMILES string of the molecule is CC(C)(C)c1cc(-c2ccc3c(c2)c2ccccc2n3-c2ccccc2)c2c(c1)c1cc(C(C)(C)C)cc3c4nc5c(cc4n2c13)c1cc2ccccc2c2c3cc(C(C)(C)C)cc(-c4ccc6c(c4)c4ccccc4n6-c4ccccc4)c3n5c12. The highest BCUT2D eigenvalue weighted by Gasteiger charge is 2.31. The maximum atomic E-state index is 6.16. The van der Waals surface area contributed by atoms with Crippen LogP contribution in [0, 0.1) is 0 Å². The first-order valence-electron chi connectivity index (χ1n) is 30.5. The van der Waals surface area contributed by atoms with Gasteiger partial charge in [-0.15, -0.1) is 0 Å². The molecule has 0 unspecified atom stereocenters. The van der Waals surface area contributed by atoms with Gasteiger partial charge in [0.1, 0.15) is 5.65 Å². The topological polar surface area (TPSA) is 31.6 Å². The Balaban J connectivity index is 0.985. The molecule has 5 heteroatoms. The van der Waals surface area contributed by atoms with Gasteiger partial charge in [0.25, 0.3) is 0 Å². The average molecular weight is 1110 g/mol. The molecule has 0 aliphatic heterocycles. The largest absolute Gasteiger partial charge is 0.309 e. The van der Waals surface area contributed by atoms with Crippen LogP contribution < -0.4 is 0 Å². The highest BCUT2D eigenvalue weighted by atomic mass is 15.0. The Morgan fingerprint density at radius 2 is 0.733 bits per heavy atom. The van der Waals surface area contributed by atoms with Crippen LogP contribution in [0.15, 0.2) is 218 Å². The molecule has 86 heavy (non-hydrogen) atoms. The van der Waals surface area contributed by atoms with Crippen molar-refractivity contribution in [3.63, 3.8) is 0 Å². The minimum Gasteiger partial charge on any atom is -0.309 e. The Hall–Kier alpha value is -9.97. The van der Waals surface area contributed by atoms with Crippen LogP contribution >= 0.6 is 0 Å². The highest BCUT2D eigenvalue weighted by Crippen LogP contribution is 2.51. The van der Waals surface area contributed by atoms with Crippen LogP contribution in [0.1, 0.15) is 79.0 Å². The van der Waals surface area contributed by atoms with Crippen LogP contribution in [0.5, 0.6) is 0 Å². The summed E-state index contributed by atoms with van der Waals surface area (Å²) in [6, 6.07) is 82.7. The second-order valence-electron chi connectivity index (χ2n) is 27.6. The lowest BCUT2D eigenvalue weighted by atomic mass is 9.83. The number of para-hydroxylation sites is 4. The monoisotopic (exact) mass is 1110 g/mol. The molecule has 0 bridgehead atoms. The smallest absolute Gasteiger partial charge is 0.146 e. The van der Waals surface area contributed by atoms with Crippen molar-refractivity contribution < 1.29 is 0 Å². The Bertz CT molecular complexity index is 5920. The number of hydrogen-bond acceptors (Lipinski definition) is 1. The molecule has 7 aromatic heterocycles. The fraction of sp³-hybridized carbons (Fsp3) is 0.148. The molecule has 0 spiro atoms. The molecule has 0 fully saturated rings. The number of pyridine rings is 1. The molecule has 0 saturated heterocycles. The first kappa shape index (κ1) is 49.5. The summed E-state index contributed by atoms with van der Waals surface area (Å²) in [7, 11) is 0. The number of aromatic nitrogens is 5. The molecule has 0 aliphatic carbocycles. The van der Waals surface area contributed by atoms with Gasteiger partial charge in [-0.2, -0.15) is 0 Å². The summed E-state index contributed by atoms with van der Waals surface area (Å²) in [4.78, 5) is 6.16. The lowest BCUT2D eigenvalue weighted by Crippen LogP contribution is -2.11. The van der Waals surface area contributed by atoms with E-state index < -0.39 is 0 Å². The van der Waals surface area contributed by atoms with E-state index in [0.717, 1.165) is 33.4 Å². The van der Waals surface area contributed by atoms with Crippen molar-refractivity contribution in [2.45, 2.75) is 78.6 Å². The van der Waals surface area contributed by atoms with Gasteiger partial charge in [0.2, 0.25) is 0 Å². The zero-order valence-corrected chi connectivity index (χ0v) is 50.0. The van der Waals surface area contributed by atoms with Gasteiger partial charge in [0.15, 0.2) is 0 Å². The summed E-state index contributed by atoms with van der Waals surface area (Å²) in [6.07, 6.45) is 0. The summed E-state index contributed by atoms with van der Waals surface area (Å²) in [5.41, 5.74) is 23.5. The van der Waals surface area contributed by atoms with E-state index in [9.17, 15) is 0 Å². The zero-order valence-electron chi connectivity index (χ0n) is 50.0. The van der Waals surface area contributed by atoms with E-state index in [0.29, 0.717) is 0 Å². The highest BCUT2D eigenvalue weighted by molar-refractivity contribution is 6.34. The Labute approximate surface area is 498 Å². The minimum atomic E-state index is -0.131. The molecule has 412 valence electrons. The van der Waals surface area contributed by atoms with E-state index in [2.05, 4.69) is 299 Å². The van der Waals surface area contributed by atoms with Crippen molar-refractivity contribution >= 4 is 131 Å². The third-order valence-electron chi connectivity index (χ3n) is 19.4. The first-order valence-corrected chi connectivity index (χ1v) is 30.5. The molecule has 0 radical (unpaired) electrons. The van der Waals surface area contributed by atoms with Gasteiger partial charge in [-0.25, -0.2) is 4.98 Å². The van der Waals surface area contributed by atoms with E-state index in [4.69, 9.17) is 4.98 Å². The van der Waals surface area contributed by atoms with Crippen LogP contribution in [-0.2, 0) is 16.2 Å². The lowest BCUT2D eigenvalue weighted by molar-refractivity contribution is 0.591. The molecule has 0 aliphatic rings. The molecule has 18 rings (SSSR count). The predicted molar refractivity (Wildman–Crippen MR) is 367 cm³/mol. The quantitative estimate of drug-likeness (QED) is 0.173. The molecule has 5 nitrogen and oxygen atoms in total. The van der Waals surface area contributed by atoms with Crippen molar-refractivity contribution in [1.29, 1.82) is 0 Å². The second kappa shape index (κ2) is 16.9. The van der Waals surface area contributed by atoms with E-state index >= 15 is 0 Å². The Kier molecular flexibility index (Phi) is 9.71. The van der Waals surface area contributed by atoms with Gasteiger partial charge in [-0.05, 0) is 164 Å². The Morgan fingerprint density at radius 3 is 1.29 bits per heavy atom. The van der Waals surface area contributed by atoms with Gasteiger partial charge in [-0.3, -0.25) is 4.40 Å².